The van der Waals surface area contributed by atoms with Crippen LogP contribution in [0.25, 0.3) is 22.0 Å². The number of benzene rings is 2. The van der Waals surface area contributed by atoms with Gasteiger partial charge in [-0.25, -0.2) is 0 Å². The van der Waals surface area contributed by atoms with E-state index < -0.39 is 0 Å². The molecule has 0 amide bonds. The number of hydrogen-bond acceptors (Lipinski definition) is 3. The number of aryl methyl sites for hydroxylation is 1. The van der Waals surface area contributed by atoms with E-state index >= 15 is 0 Å². The van der Waals surface area contributed by atoms with Gasteiger partial charge in [-0.2, -0.15) is 0 Å². The van der Waals surface area contributed by atoms with Crippen molar-refractivity contribution in [2.45, 2.75) is 6.92 Å². The number of pyridine rings is 1. The van der Waals surface area contributed by atoms with Crippen LogP contribution in [0.4, 0.5) is 11.4 Å². The quantitative estimate of drug-likeness (QED) is 0.779. The Morgan fingerprint density at radius 2 is 1.73 bits per heavy atom. The predicted octanol–water partition coefficient (Wildman–Crippen LogP) is 4.32. The summed E-state index contributed by atoms with van der Waals surface area (Å²) in [4.78, 5) is 6.74. The third kappa shape index (κ3) is 2.29. The highest BCUT2D eigenvalue weighted by Gasteiger charge is 2.13. The highest BCUT2D eigenvalue weighted by molar-refractivity contribution is 6.04. The average Bonchev–Trinajstić information content (AvgIpc) is 2.53. The van der Waals surface area contributed by atoms with E-state index in [-0.39, 0.29) is 0 Å². The summed E-state index contributed by atoms with van der Waals surface area (Å²) in [6.07, 6.45) is 1.88. The Kier molecular flexibility index (Phi) is 3.72. The van der Waals surface area contributed by atoms with Crippen LogP contribution >= 0.6 is 0 Å². The predicted molar refractivity (Wildman–Crippen MR) is 95.8 cm³/mol. The number of nitrogens with zero attached hydrogens (tertiary/aromatic N) is 2. The molecule has 3 heteroatoms. The van der Waals surface area contributed by atoms with Crippen molar-refractivity contribution in [1.82, 2.24) is 4.98 Å². The Hall–Kier alpha value is -2.55. The Morgan fingerprint density at radius 1 is 0.955 bits per heavy atom. The summed E-state index contributed by atoms with van der Waals surface area (Å²) in [5.41, 5.74) is 6.97. The van der Waals surface area contributed by atoms with Gasteiger partial charge in [0.25, 0.3) is 0 Å². The molecule has 2 aromatic carbocycles. The van der Waals surface area contributed by atoms with Gasteiger partial charge < -0.3 is 10.2 Å². The van der Waals surface area contributed by atoms with E-state index in [9.17, 15) is 0 Å². The topological polar surface area (TPSA) is 28.2 Å². The first-order chi connectivity index (χ1) is 10.6. The summed E-state index contributed by atoms with van der Waals surface area (Å²) in [5.74, 6) is 0. The molecular weight excluding hydrogens is 270 g/mol. The monoisotopic (exact) mass is 291 g/mol. The number of aromatic nitrogens is 1. The molecule has 0 saturated heterocycles. The van der Waals surface area contributed by atoms with Crippen molar-refractivity contribution in [3.8, 4) is 11.1 Å². The number of anilines is 2. The highest BCUT2D eigenvalue weighted by Crippen LogP contribution is 2.37. The van der Waals surface area contributed by atoms with Gasteiger partial charge in [-0.15, -0.1) is 0 Å². The van der Waals surface area contributed by atoms with Gasteiger partial charge in [-0.1, -0.05) is 30.3 Å². The summed E-state index contributed by atoms with van der Waals surface area (Å²) in [7, 11) is 6.08. The summed E-state index contributed by atoms with van der Waals surface area (Å²) < 4.78 is 0. The van der Waals surface area contributed by atoms with E-state index in [2.05, 4.69) is 78.7 Å². The molecule has 1 heterocycles. The second-order valence-electron chi connectivity index (χ2n) is 5.67. The van der Waals surface area contributed by atoms with Crippen molar-refractivity contribution in [2.24, 2.45) is 0 Å². The standard InChI is InChI=1S/C19H21N3/c1-13-7-5-6-8-14(13)15-9-10-16-17(22(3)4)11-12-21-19(16)18(15)20-2/h5-12,20H,1-4H3. The molecule has 3 nitrogen and oxygen atoms in total. The van der Waals surface area contributed by atoms with Crippen LogP contribution in [-0.4, -0.2) is 26.1 Å². The minimum atomic E-state index is 1.01. The van der Waals surface area contributed by atoms with Gasteiger partial charge in [0, 0.05) is 44.0 Å². The van der Waals surface area contributed by atoms with Crippen LogP contribution in [0.3, 0.4) is 0 Å². The molecule has 3 aromatic rings. The molecule has 0 spiro atoms. The van der Waals surface area contributed by atoms with Crippen molar-refractivity contribution in [1.29, 1.82) is 0 Å². The summed E-state index contributed by atoms with van der Waals surface area (Å²) in [6, 6.07) is 14.9. The van der Waals surface area contributed by atoms with E-state index in [1.165, 1.54) is 22.4 Å². The SMILES string of the molecule is CNc1c(-c2ccccc2C)ccc2c(N(C)C)ccnc12. The van der Waals surface area contributed by atoms with Crippen LogP contribution in [0, 0.1) is 6.92 Å². The van der Waals surface area contributed by atoms with Crippen molar-refractivity contribution in [3.63, 3.8) is 0 Å². The molecule has 0 fully saturated rings. The fourth-order valence-corrected chi connectivity index (χ4v) is 2.95. The van der Waals surface area contributed by atoms with Gasteiger partial charge in [0.1, 0.15) is 0 Å². The third-order valence-corrected chi connectivity index (χ3v) is 4.06. The Bertz CT molecular complexity index is 822. The largest absolute Gasteiger partial charge is 0.386 e. The Balaban J connectivity index is 2.33. The van der Waals surface area contributed by atoms with Gasteiger partial charge in [0.2, 0.25) is 0 Å². The van der Waals surface area contributed by atoms with Crippen molar-refractivity contribution >= 4 is 22.3 Å². The summed E-state index contributed by atoms with van der Waals surface area (Å²) in [5, 5.41) is 4.51. The zero-order valence-electron chi connectivity index (χ0n) is 13.5. The van der Waals surface area contributed by atoms with E-state index in [0.717, 1.165) is 16.6 Å². The number of fused-ring (bicyclic) bond motifs is 1. The van der Waals surface area contributed by atoms with Crippen LogP contribution in [0.15, 0.2) is 48.7 Å². The van der Waals surface area contributed by atoms with Crippen LogP contribution in [0.5, 0.6) is 0 Å². The van der Waals surface area contributed by atoms with E-state index in [0.29, 0.717) is 0 Å². The molecule has 0 atom stereocenters. The van der Waals surface area contributed by atoms with Crippen molar-refractivity contribution in [2.75, 3.05) is 31.4 Å². The normalized spacial score (nSPS) is 10.7. The van der Waals surface area contributed by atoms with Crippen LogP contribution in [0.2, 0.25) is 0 Å². The van der Waals surface area contributed by atoms with Crippen molar-refractivity contribution < 1.29 is 0 Å². The van der Waals surface area contributed by atoms with Gasteiger partial charge >= 0.3 is 0 Å². The number of rotatable bonds is 3. The van der Waals surface area contributed by atoms with Gasteiger partial charge in [-0.3, -0.25) is 4.98 Å². The second-order valence-corrected chi connectivity index (χ2v) is 5.67. The third-order valence-electron chi connectivity index (χ3n) is 4.06. The van der Waals surface area contributed by atoms with Gasteiger partial charge in [0.05, 0.1) is 11.2 Å². The molecule has 22 heavy (non-hydrogen) atoms. The van der Waals surface area contributed by atoms with Crippen LogP contribution in [0.1, 0.15) is 5.56 Å². The molecule has 0 aliphatic rings. The smallest absolute Gasteiger partial charge is 0.0960 e. The lowest BCUT2D eigenvalue weighted by molar-refractivity contribution is 1.14. The van der Waals surface area contributed by atoms with E-state index in [1.54, 1.807) is 0 Å². The molecule has 3 rings (SSSR count). The Labute approximate surface area is 131 Å². The minimum absolute atomic E-state index is 1.01. The molecular formula is C19H21N3. The molecule has 0 saturated carbocycles. The molecule has 0 aliphatic carbocycles. The molecule has 0 aliphatic heterocycles. The van der Waals surface area contributed by atoms with Gasteiger partial charge in [0.15, 0.2) is 0 Å². The first-order valence-corrected chi connectivity index (χ1v) is 7.46. The number of hydrogen-bond donors (Lipinski definition) is 1. The fourth-order valence-electron chi connectivity index (χ4n) is 2.95. The zero-order chi connectivity index (χ0) is 15.7. The zero-order valence-corrected chi connectivity index (χ0v) is 13.5. The van der Waals surface area contributed by atoms with E-state index in [4.69, 9.17) is 0 Å². The molecule has 0 radical (unpaired) electrons. The molecule has 1 N–H and O–H groups in total. The summed E-state index contributed by atoms with van der Waals surface area (Å²) in [6.45, 7) is 2.14. The number of nitrogens with one attached hydrogen (secondary N) is 1. The molecule has 1 aromatic heterocycles. The Morgan fingerprint density at radius 3 is 2.41 bits per heavy atom. The second kappa shape index (κ2) is 5.68. The fraction of sp³-hybridized carbons (Fsp3) is 0.211. The van der Waals surface area contributed by atoms with Crippen LogP contribution in [-0.2, 0) is 0 Å². The maximum atomic E-state index is 4.62. The minimum Gasteiger partial charge on any atom is -0.386 e. The first kappa shape index (κ1) is 14.4. The van der Waals surface area contributed by atoms with E-state index in [1.807, 2.05) is 13.2 Å². The molecule has 0 bridgehead atoms. The first-order valence-electron chi connectivity index (χ1n) is 7.46. The maximum Gasteiger partial charge on any atom is 0.0960 e. The van der Waals surface area contributed by atoms with Crippen LogP contribution < -0.4 is 10.2 Å². The maximum absolute atomic E-state index is 4.62. The molecule has 112 valence electrons. The van der Waals surface area contributed by atoms with Crippen molar-refractivity contribution in [3.05, 3.63) is 54.2 Å². The lowest BCUT2D eigenvalue weighted by Crippen LogP contribution is -2.09. The average molecular weight is 291 g/mol. The lowest BCUT2D eigenvalue weighted by Gasteiger charge is -2.18. The highest BCUT2D eigenvalue weighted by atomic mass is 15.1. The van der Waals surface area contributed by atoms with Gasteiger partial charge in [-0.05, 0) is 30.2 Å². The lowest BCUT2D eigenvalue weighted by atomic mass is 9.97. The molecule has 0 unspecified atom stereocenters. The summed E-state index contributed by atoms with van der Waals surface area (Å²) >= 11 is 0.